The van der Waals surface area contributed by atoms with Gasteiger partial charge in [-0.1, -0.05) is 23.7 Å². The van der Waals surface area contributed by atoms with E-state index in [2.05, 4.69) is 43.1 Å². The minimum atomic E-state index is -0.959. The number of furan rings is 1. The van der Waals surface area contributed by atoms with Crippen molar-refractivity contribution in [1.82, 2.24) is 15.3 Å². The molecule has 2 aromatic heterocycles. The molecule has 2 heterocycles. The molecule has 3 aromatic rings. The van der Waals surface area contributed by atoms with Crippen LogP contribution in [0, 0.1) is 17.8 Å². The lowest BCUT2D eigenvalue weighted by Crippen LogP contribution is -2.43. The summed E-state index contributed by atoms with van der Waals surface area (Å²) in [5.41, 5.74) is 0.549. The molecule has 0 unspecified atom stereocenters. The summed E-state index contributed by atoms with van der Waals surface area (Å²) in [6.45, 7) is 1.80. The van der Waals surface area contributed by atoms with Gasteiger partial charge >= 0.3 is 6.09 Å². The van der Waals surface area contributed by atoms with E-state index in [1.165, 1.54) is 6.20 Å². The van der Waals surface area contributed by atoms with Gasteiger partial charge in [0.05, 0.1) is 11.8 Å². The topological polar surface area (TPSA) is 97.5 Å². The van der Waals surface area contributed by atoms with Crippen LogP contribution in [0.4, 0.5) is 4.79 Å². The van der Waals surface area contributed by atoms with E-state index >= 15 is 0 Å². The Balaban J connectivity index is 1.56. The van der Waals surface area contributed by atoms with Gasteiger partial charge in [0.15, 0.2) is 10.4 Å². The van der Waals surface area contributed by atoms with Crippen molar-refractivity contribution < 1.29 is 19.1 Å². The fourth-order valence-electron chi connectivity index (χ4n) is 3.06. The molecule has 0 spiro atoms. The molecular weight excluding hydrogens is 498 g/mol. The Morgan fingerprint density at radius 1 is 1.31 bits per heavy atom. The summed E-state index contributed by atoms with van der Waals surface area (Å²) in [5.74, 6) is 6.50. The highest BCUT2D eigenvalue weighted by Gasteiger charge is 2.40. The molecule has 32 heavy (non-hydrogen) atoms. The number of hydrogen-bond donors (Lipinski definition) is 2. The fraction of sp³-hybridized carbons (Fsp3) is 0.261. The van der Waals surface area contributed by atoms with Gasteiger partial charge in [0.25, 0.3) is 0 Å². The van der Waals surface area contributed by atoms with Crippen LogP contribution in [0.3, 0.4) is 0 Å². The molecule has 1 fully saturated rings. The van der Waals surface area contributed by atoms with Crippen molar-refractivity contribution in [1.29, 1.82) is 0 Å². The van der Waals surface area contributed by atoms with Gasteiger partial charge in [-0.3, -0.25) is 0 Å². The van der Waals surface area contributed by atoms with E-state index in [1.54, 1.807) is 43.3 Å². The standard InChI is InChI=1S/C23H19BrClN3O4/c1-23(30,15-4-5-15)13-27-22(29)32-20-12-26-18(10-8-17-9-11-19(24)31-17)21(28-20)14-2-6-16(25)7-3-14/h2-3,6-7,9,11-12,15,30H,4-5,13H2,1H3,(H,27,29)/t23-/m0/s1. The number of aromatic nitrogens is 2. The molecule has 1 aliphatic carbocycles. The van der Waals surface area contributed by atoms with Gasteiger partial charge in [-0.2, -0.15) is 0 Å². The first-order valence-electron chi connectivity index (χ1n) is 9.88. The van der Waals surface area contributed by atoms with Gasteiger partial charge in [-0.05, 0) is 77.7 Å². The molecule has 0 saturated heterocycles. The Kier molecular flexibility index (Phi) is 6.51. The highest BCUT2D eigenvalue weighted by molar-refractivity contribution is 9.10. The van der Waals surface area contributed by atoms with E-state index in [-0.39, 0.29) is 18.3 Å². The number of amides is 1. The number of aliphatic hydroxyl groups is 1. The summed E-state index contributed by atoms with van der Waals surface area (Å²) >= 11 is 9.24. The zero-order valence-corrected chi connectivity index (χ0v) is 19.4. The first-order valence-corrected chi connectivity index (χ1v) is 11.1. The Morgan fingerprint density at radius 3 is 2.72 bits per heavy atom. The van der Waals surface area contributed by atoms with E-state index in [0.29, 0.717) is 32.4 Å². The molecule has 7 nitrogen and oxygen atoms in total. The van der Waals surface area contributed by atoms with Crippen LogP contribution in [-0.4, -0.2) is 33.3 Å². The van der Waals surface area contributed by atoms with Crippen molar-refractivity contribution in [2.45, 2.75) is 25.4 Å². The maximum absolute atomic E-state index is 12.2. The monoisotopic (exact) mass is 515 g/mol. The fourth-order valence-corrected chi connectivity index (χ4v) is 3.49. The predicted molar refractivity (Wildman–Crippen MR) is 122 cm³/mol. The number of rotatable bonds is 5. The molecule has 1 atom stereocenters. The van der Waals surface area contributed by atoms with Crippen LogP contribution in [0.2, 0.25) is 5.02 Å². The van der Waals surface area contributed by atoms with Crippen LogP contribution in [0.25, 0.3) is 11.3 Å². The quantitative estimate of drug-likeness (QED) is 0.473. The molecule has 4 rings (SSSR count). The molecule has 2 N–H and O–H groups in total. The lowest BCUT2D eigenvalue weighted by molar-refractivity contribution is 0.0376. The lowest BCUT2D eigenvalue weighted by atomic mass is 10.0. The summed E-state index contributed by atoms with van der Waals surface area (Å²) < 4.78 is 11.3. The molecule has 1 aliphatic rings. The van der Waals surface area contributed by atoms with Gasteiger partial charge in [0.2, 0.25) is 5.88 Å². The van der Waals surface area contributed by atoms with Crippen molar-refractivity contribution in [3.63, 3.8) is 0 Å². The second kappa shape index (κ2) is 9.33. The summed E-state index contributed by atoms with van der Waals surface area (Å²) in [6, 6.07) is 10.5. The second-order valence-corrected chi connectivity index (χ2v) is 8.86. The molecule has 9 heteroatoms. The molecule has 0 radical (unpaired) electrons. The van der Waals surface area contributed by atoms with E-state index in [1.807, 2.05) is 0 Å². The highest BCUT2D eigenvalue weighted by Crippen LogP contribution is 2.39. The minimum Gasteiger partial charge on any atom is -0.441 e. The Morgan fingerprint density at radius 2 is 2.06 bits per heavy atom. The van der Waals surface area contributed by atoms with E-state index in [9.17, 15) is 9.90 Å². The summed E-state index contributed by atoms with van der Waals surface area (Å²) in [4.78, 5) is 21.0. The minimum absolute atomic E-state index is 0.00445. The third kappa shape index (κ3) is 5.68. The summed E-state index contributed by atoms with van der Waals surface area (Å²) in [7, 11) is 0. The van der Waals surface area contributed by atoms with Gasteiger partial charge in [-0.25, -0.2) is 14.8 Å². The smallest absolute Gasteiger partial charge is 0.414 e. The number of ether oxygens (including phenoxy) is 1. The average Bonchev–Trinajstić information content (AvgIpc) is 3.55. The molecular formula is C23H19BrClN3O4. The molecule has 1 saturated carbocycles. The van der Waals surface area contributed by atoms with Crippen LogP contribution in [-0.2, 0) is 0 Å². The van der Waals surface area contributed by atoms with Gasteiger partial charge in [0.1, 0.15) is 11.4 Å². The normalized spacial score (nSPS) is 14.8. The largest absolute Gasteiger partial charge is 0.441 e. The van der Waals surface area contributed by atoms with Crippen molar-refractivity contribution >= 4 is 33.6 Å². The van der Waals surface area contributed by atoms with Gasteiger partial charge in [-0.15, -0.1) is 0 Å². The molecule has 0 bridgehead atoms. The van der Waals surface area contributed by atoms with Crippen molar-refractivity contribution in [2.24, 2.45) is 5.92 Å². The SMILES string of the molecule is C[C@](O)(CNC(=O)Oc1cnc(C#Cc2ccc(Br)o2)c(-c2ccc(Cl)cc2)n1)C1CC1. The molecule has 164 valence electrons. The third-order valence-electron chi connectivity index (χ3n) is 4.99. The average molecular weight is 517 g/mol. The van der Waals surface area contributed by atoms with Crippen LogP contribution in [0.1, 0.15) is 31.2 Å². The maximum atomic E-state index is 12.2. The third-order valence-corrected chi connectivity index (χ3v) is 5.67. The number of halogens is 2. The number of hydrogen-bond acceptors (Lipinski definition) is 6. The summed E-state index contributed by atoms with van der Waals surface area (Å²) in [5, 5.41) is 13.5. The van der Waals surface area contributed by atoms with Crippen molar-refractivity contribution in [3.8, 4) is 29.0 Å². The lowest BCUT2D eigenvalue weighted by Gasteiger charge is -2.22. The molecule has 1 amide bonds. The first kappa shape index (κ1) is 22.3. The van der Waals surface area contributed by atoms with E-state index in [4.69, 9.17) is 20.8 Å². The van der Waals surface area contributed by atoms with Crippen molar-refractivity contribution in [3.05, 3.63) is 63.7 Å². The van der Waals surface area contributed by atoms with Gasteiger partial charge < -0.3 is 19.6 Å². The molecule has 0 aliphatic heterocycles. The number of carbonyl (C=O) groups excluding carboxylic acids is 1. The maximum Gasteiger partial charge on any atom is 0.414 e. The van der Waals surface area contributed by atoms with Crippen LogP contribution >= 0.6 is 27.5 Å². The number of carbonyl (C=O) groups is 1. The Bertz CT molecular complexity index is 1190. The Hall–Kier alpha value is -2.86. The number of benzene rings is 1. The van der Waals surface area contributed by atoms with Crippen LogP contribution in [0.15, 0.2) is 51.7 Å². The highest BCUT2D eigenvalue weighted by atomic mass is 79.9. The van der Waals surface area contributed by atoms with E-state index < -0.39 is 11.7 Å². The number of nitrogens with one attached hydrogen (secondary N) is 1. The molecule has 1 aromatic carbocycles. The first-order chi connectivity index (χ1) is 15.3. The van der Waals surface area contributed by atoms with Gasteiger partial charge in [0, 0.05) is 17.1 Å². The van der Waals surface area contributed by atoms with Crippen molar-refractivity contribution in [2.75, 3.05) is 6.54 Å². The zero-order valence-electron chi connectivity index (χ0n) is 17.1. The van der Waals surface area contributed by atoms with E-state index in [0.717, 1.165) is 12.8 Å². The predicted octanol–water partition coefficient (Wildman–Crippen LogP) is 4.80. The zero-order chi connectivity index (χ0) is 22.7. The second-order valence-electron chi connectivity index (χ2n) is 7.64. The van der Waals surface area contributed by atoms with Crippen LogP contribution in [0.5, 0.6) is 5.88 Å². The number of nitrogens with zero attached hydrogens (tertiary/aromatic N) is 2. The Labute approximate surface area is 198 Å². The summed E-state index contributed by atoms with van der Waals surface area (Å²) in [6.07, 6.45) is 2.51. The van der Waals surface area contributed by atoms with Crippen LogP contribution < -0.4 is 10.1 Å².